The summed E-state index contributed by atoms with van der Waals surface area (Å²) in [7, 11) is 0. The largest absolute Gasteiger partial charge is 0.492 e. The van der Waals surface area contributed by atoms with Gasteiger partial charge in [0.1, 0.15) is 12.4 Å². The van der Waals surface area contributed by atoms with Gasteiger partial charge < -0.3 is 15.4 Å². The van der Waals surface area contributed by atoms with Crippen LogP contribution in [0.15, 0.2) is 36.4 Å². The topological polar surface area (TPSA) is 70.7 Å². The Hall–Kier alpha value is -2.09. The Balaban J connectivity index is 1.29. The van der Waals surface area contributed by atoms with Crippen molar-refractivity contribution in [2.75, 3.05) is 32.8 Å². The lowest BCUT2D eigenvalue weighted by atomic mass is 10.0. The Bertz CT molecular complexity index is 817. The maximum Gasteiger partial charge on any atom is 0.261 e. The minimum Gasteiger partial charge on any atom is -0.492 e. The van der Waals surface area contributed by atoms with E-state index in [2.05, 4.69) is 15.5 Å². The summed E-state index contributed by atoms with van der Waals surface area (Å²) in [5, 5.41) is 6.64. The van der Waals surface area contributed by atoms with Crippen LogP contribution in [0.1, 0.15) is 27.4 Å². The van der Waals surface area contributed by atoms with Gasteiger partial charge in [-0.15, -0.1) is 11.3 Å². The number of likely N-dealkylation sites (tertiary alicyclic amines) is 1. The first kappa shape index (κ1) is 21.6. The summed E-state index contributed by atoms with van der Waals surface area (Å²) < 4.78 is 5.56. The van der Waals surface area contributed by atoms with Crippen molar-refractivity contribution in [1.29, 1.82) is 0 Å². The maximum atomic E-state index is 12.3. The van der Waals surface area contributed by atoms with Crippen LogP contribution in [0, 0.1) is 6.92 Å². The highest BCUT2D eigenvalue weighted by Crippen LogP contribution is 2.17. The number of rotatable bonds is 8. The third kappa shape index (κ3) is 7.03. The van der Waals surface area contributed by atoms with Crippen LogP contribution in [-0.4, -0.2) is 55.5 Å². The highest BCUT2D eigenvalue weighted by molar-refractivity contribution is 7.13. The van der Waals surface area contributed by atoms with E-state index in [9.17, 15) is 9.59 Å². The maximum absolute atomic E-state index is 12.3. The number of carbonyl (C=O) groups excluding carboxylic acids is 2. The van der Waals surface area contributed by atoms with Gasteiger partial charge in [0.15, 0.2) is 0 Å². The Morgan fingerprint density at radius 3 is 2.55 bits per heavy atom. The molecule has 1 aliphatic rings. The molecule has 1 aromatic heterocycles. The van der Waals surface area contributed by atoms with Crippen LogP contribution in [0.5, 0.6) is 5.75 Å². The van der Waals surface area contributed by atoms with E-state index < -0.39 is 0 Å². The van der Waals surface area contributed by atoms with Crippen LogP contribution >= 0.6 is 22.9 Å². The number of piperidine rings is 1. The van der Waals surface area contributed by atoms with Crippen LogP contribution in [0.3, 0.4) is 0 Å². The fraction of sp³-hybridized carbons (Fsp3) is 0.429. The van der Waals surface area contributed by atoms with E-state index in [4.69, 9.17) is 16.3 Å². The molecule has 0 saturated carbocycles. The molecule has 3 rings (SSSR count). The van der Waals surface area contributed by atoms with E-state index in [1.54, 1.807) is 24.3 Å². The molecule has 1 fully saturated rings. The molecule has 2 N–H and O–H groups in total. The fourth-order valence-corrected chi connectivity index (χ4v) is 4.09. The molecule has 29 heavy (non-hydrogen) atoms. The minimum absolute atomic E-state index is 0.0000181. The molecule has 6 nitrogen and oxygen atoms in total. The average Bonchev–Trinajstić information content (AvgIpc) is 3.15. The van der Waals surface area contributed by atoms with Crippen LogP contribution in [0.2, 0.25) is 5.02 Å². The predicted molar refractivity (Wildman–Crippen MR) is 116 cm³/mol. The van der Waals surface area contributed by atoms with Crippen molar-refractivity contribution in [2.45, 2.75) is 25.8 Å². The van der Waals surface area contributed by atoms with E-state index in [1.807, 2.05) is 19.1 Å². The summed E-state index contributed by atoms with van der Waals surface area (Å²) in [4.78, 5) is 28.4. The second-order valence-electron chi connectivity index (χ2n) is 7.09. The van der Waals surface area contributed by atoms with Crippen LogP contribution in [-0.2, 0) is 4.79 Å². The molecule has 1 aromatic carbocycles. The van der Waals surface area contributed by atoms with Gasteiger partial charge in [-0.05, 0) is 56.2 Å². The number of hydrogen-bond donors (Lipinski definition) is 2. The second-order valence-corrected chi connectivity index (χ2v) is 8.81. The standard InChI is InChI=1S/C21H26ClN3O3S/c1-15-2-7-19(29-15)21(27)24-17-8-11-25(12-9-17)14-20(26)23-10-13-28-18-5-3-16(22)4-6-18/h2-7,17H,8-14H2,1H3,(H,23,26)(H,24,27). The number of hydrogen-bond acceptors (Lipinski definition) is 5. The fourth-order valence-electron chi connectivity index (χ4n) is 3.20. The second kappa shape index (κ2) is 10.6. The Kier molecular flexibility index (Phi) is 7.91. The van der Waals surface area contributed by atoms with Crippen molar-refractivity contribution in [2.24, 2.45) is 0 Å². The first-order valence-corrected chi connectivity index (χ1v) is 10.9. The van der Waals surface area contributed by atoms with Gasteiger partial charge in [-0.25, -0.2) is 0 Å². The zero-order chi connectivity index (χ0) is 20.6. The van der Waals surface area contributed by atoms with Gasteiger partial charge in [-0.1, -0.05) is 11.6 Å². The number of nitrogens with one attached hydrogen (secondary N) is 2. The number of benzene rings is 1. The third-order valence-electron chi connectivity index (χ3n) is 4.76. The highest BCUT2D eigenvalue weighted by atomic mass is 35.5. The van der Waals surface area contributed by atoms with E-state index in [1.165, 1.54) is 11.3 Å². The van der Waals surface area contributed by atoms with Gasteiger partial charge in [0.2, 0.25) is 5.91 Å². The van der Waals surface area contributed by atoms with Crippen molar-refractivity contribution in [3.63, 3.8) is 0 Å². The van der Waals surface area contributed by atoms with Crippen molar-refractivity contribution in [1.82, 2.24) is 15.5 Å². The summed E-state index contributed by atoms with van der Waals surface area (Å²) in [6, 6.07) is 11.1. The molecule has 2 amide bonds. The highest BCUT2D eigenvalue weighted by Gasteiger charge is 2.22. The van der Waals surface area contributed by atoms with Gasteiger partial charge in [-0.3, -0.25) is 14.5 Å². The minimum atomic E-state index is -0.0127. The van der Waals surface area contributed by atoms with Crippen molar-refractivity contribution in [3.05, 3.63) is 51.2 Å². The lowest BCUT2D eigenvalue weighted by Gasteiger charge is -2.31. The van der Waals surface area contributed by atoms with Crippen LogP contribution in [0.4, 0.5) is 0 Å². The number of nitrogens with zero attached hydrogens (tertiary/aromatic N) is 1. The molecule has 0 aliphatic carbocycles. The van der Waals surface area contributed by atoms with Gasteiger partial charge in [-0.2, -0.15) is 0 Å². The summed E-state index contributed by atoms with van der Waals surface area (Å²) in [5.41, 5.74) is 0. The number of carbonyl (C=O) groups is 2. The molecule has 2 aromatic rings. The summed E-state index contributed by atoms with van der Waals surface area (Å²) in [6.07, 6.45) is 1.70. The zero-order valence-corrected chi connectivity index (χ0v) is 18.0. The molecular weight excluding hydrogens is 410 g/mol. The van der Waals surface area contributed by atoms with Gasteiger partial charge in [0, 0.05) is 29.0 Å². The van der Waals surface area contributed by atoms with Crippen LogP contribution < -0.4 is 15.4 Å². The Labute approximate surface area is 180 Å². The zero-order valence-electron chi connectivity index (χ0n) is 16.4. The molecule has 0 unspecified atom stereocenters. The van der Waals surface area contributed by atoms with E-state index in [-0.39, 0.29) is 17.9 Å². The lowest BCUT2D eigenvalue weighted by Crippen LogP contribution is -2.47. The Morgan fingerprint density at radius 2 is 1.90 bits per heavy atom. The molecule has 0 spiro atoms. The molecule has 8 heteroatoms. The lowest BCUT2D eigenvalue weighted by molar-refractivity contribution is -0.122. The number of halogens is 1. The molecule has 0 radical (unpaired) electrons. The third-order valence-corrected chi connectivity index (χ3v) is 6.01. The van der Waals surface area contributed by atoms with E-state index in [0.717, 1.165) is 41.4 Å². The Morgan fingerprint density at radius 1 is 1.17 bits per heavy atom. The SMILES string of the molecule is Cc1ccc(C(=O)NC2CCN(CC(=O)NCCOc3ccc(Cl)cc3)CC2)s1. The molecule has 0 bridgehead atoms. The van der Waals surface area contributed by atoms with Gasteiger partial charge in [0.05, 0.1) is 18.0 Å². The van der Waals surface area contributed by atoms with E-state index >= 15 is 0 Å². The summed E-state index contributed by atoms with van der Waals surface area (Å²) in [5.74, 6) is 0.715. The molecule has 156 valence electrons. The van der Waals surface area contributed by atoms with Crippen molar-refractivity contribution >= 4 is 34.8 Å². The number of ether oxygens (including phenoxy) is 1. The number of thiophene rings is 1. The van der Waals surface area contributed by atoms with Crippen molar-refractivity contribution in [3.8, 4) is 5.75 Å². The van der Waals surface area contributed by atoms with Crippen LogP contribution in [0.25, 0.3) is 0 Å². The van der Waals surface area contributed by atoms with Gasteiger partial charge in [0.25, 0.3) is 5.91 Å². The van der Waals surface area contributed by atoms with Crippen molar-refractivity contribution < 1.29 is 14.3 Å². The normalized spacial score (nSPS) is 15.1. The predicted octanol–water partition coefficient (Wildman–Crippen LogP) is 3.10. The summed E-state index contributed by atoms with van der Waals surface area (Å²) in [6.45, 7) is 4.81. The summed E-state index contributed by atoms with van der Waals surface area (Å²) >= 11 is 7.34. The molecule has 0 atom stereocenters. The number of amides is 2. The first-order chi connectivity index (χ1) is 14.0. The van der Waals surface area contributed by atoms with Gasteiger partial charge >= 0.3 is 0 Å². The smallest absolute Gasteiger partial charge is 0.261 e. The quantitative estimate of drug-likeness (QED) is 0.625. The molecule has 2 heterocycles. The first-order valence-electron chi connectivity index (χ1n) is 9.74. The monoisotopic (exact) mass is 435 g/mol. The average molecular weight is 436 g/mol. The number of aryl methyl sites for hydroxylation is 1. The molecule has 1 aliphatic heterocycles. The molecule has 1 saturated heterocycles. The van der Waals surface area contributed by atoms with E-state index in [0.29, 0.717) is 24.7 Å². The molecular formula is C21H26ClN3O3S.